The summed E-state index contributed by atoms with van der Waals surface area (Å²) in [5.41, 5.74) is 1.49. The van der Waals surface area contributed by atoms with Gasteiger partial charge in [0.2, 0.25) is 0 Å². The molecular weight excluding hydrogens is 384 g/mol. The van der Waals surface area contributed by atoms with E-state index in [1.54, 1.807) is 47.5 Å². The van der Waals surface area contributed by atoms with Gasteiger partial charge in [0, 0.05) is 17.8 Å². The van der Waals surface area contributed by atoms with Crippen LogP contribution in [0.4, 0.5) is 8.78 Å². The number of aliphatic hydroxyl groups excluding tert-OH is 1. The molecule has 3 aromatic rings. The van der Waals surface area contributed by atoms with Gasteiger partial charge in [-0.15, -0.1) is 0 Å². The highest BCUT2D eigenvalue weighted by atomic mass is 19.1. The van der Waals surface area contributed by atoms with Gasteiger partial charge in [-0.2, -0.15) is 5.10 Å². The summed E-state index contributed by atoms with van der Waals surface area (Å²) in [6.45, 7) is 1.92. The minimum atomic E-state index is -1.80. The van der Waals surface area contributed by atoms with Gasteiger partial charge in [0.05, 0.1) is 17.6 Å². The van der Waals surface area contributed by atoms with Gasteiger partial charge in [-0.3, -0.25) is 4.98 Å². The van der Waals surface area contributed by atoms with Crippen molar-refractivity contribution in [1.82, 2.24) is 14.8 Å². The molecule has 0 radical (unpaired) electrons. The van der Waals surface area contributed by atoms with Crippen LogP contribution in [0, 0.1) is 11.2 Å². The molecule has 1 fully saturated rings. The maximum absolute atomic E-state index is 16.7. The van der Waals surface area contributed by atoms with Crippen LogP contribution in [0.2, 0.25) is 0 Å². The van der Waals surface area contributed by atoms with Crippen LogP contribution in [0.25, 0.3) is 11.8 Å². The zero-order chi connectivity index (χ0) is 20.9. The van der Waals surface area contributed by atoms with E-state index in [4.69, 9.17) is 0 Å². The summed E-state index contributed by atoms with van der Waals surface area (Å²) < 4.78 is 31.8. The molecule has 0 spiro atoms. The van der Waals surface area contributed by atoms with E-state index in [9.17, 15) is 9.50 Å². The van der Waals surface area contributed by atoms with Gasteiger partial charge in [-0.25, -0.2) is 13.5 Å². The Labute approximate surface area is 173 Å². The number of benzene rings is 1. The van der Waals surface area contributed by atoms with Crippen LogP contribution in [-0.2, 0) is 6.42 Å². The normalized spacial score (nSPS) is 26.5. The minimum absolute atomic E-state index is 0.297. The van der Waals surface area contributed by atoms with Crippen LogP contribution >= 0.6 is 0 Å². The van der Waals surface area contributed by atoms with E-state index in [0.29, 0.717) is 24.8 Å². The van der Waals surface area contributed by atoms with Gasteiger partial charge < -0.3 is 5.11 Å². The van der Waals surface area contributed by atoms with Gasteiger partial charge in [-0.1, -0.05) is 12.5 Å². The average molecular weight is 407 g/mol. The highest BCUT2D eigenvalue weighted by molar-refractivity contribution is 5.62. The molecule has 1 aromatic carbocycles. The van der Waals surface area contributed by atoms with Gasteiger partial charge >= 0.3 is 0 Å². The maximum atomic E-state index is 16.7. The average Bonchev–Trinajstić information content (AvgIpc) is 3.16. The number of rotatable bonds is 3. The Morgan fingerprint density at radius 1 is 1.13 bits per heavy atom. The van der Waals surface area contributed by atoms with Crippen molar-refractivity contribution >= 4 is 6.08 Å². The molecule has 2 aromatic heterocycles. The molecule has 2 heterocycles. The molecule has 1 unspecified atom stereocenters. The standard InChI is InChI=1S/C24H23F2N3O/c1-23-14-17-15-28-29(20-6-4-19(25)5-7-20)21(17)13-18(23)3-2-10-24(23,26)22(30)16-8-11-27-12-9-16/h4-9,11-13,15,22,30H,2-3,10,14H2,1H3/t22?,23-,24-/m0/s1. The van der Waals surface area contributed by atoms with Gasteiger partial charge in [-0.05, 0) is 79.3 Å². The monoisotopic (exact) mass is 407 g/mol. The summed E-state index contributed by atoms with van der Waals surface area (Å²) in [5.74, 6) is -0.301. The van der Waals surface area contributed by atoms with Gasteiger partial charge in [0.25, 0.3) is 0 Å². The Bertz CT molecular complexity index is 1110. The van der Waals surface area contributed by atoms with E-state index in [1.165, 1.54) is 12.1 Å². The molecule has 6 heteroatoms. The molecule has 4 nitrogen and oxygen atoms in total. The number of aliphatic hydroxyl groups is 1. The third-order valence-corrected chi connectivity index (χ3v) is 6.88. The summed E-state index contributed by atoms with van der Waals surface area (Å²) in [5, 5.41) is 15.6. The Kier molecular flexibility index (Phi) is 4.36. The van der Waals surface area contributed by atoms with Gasteiger partial charge in [0.1, 0.15) is 17.6 Å². The van der Waals surface area contributed by atoms with Crippen molar-refractivity contribution in [3.8, 4) is 5.69 Å². The molecule has 2 aliphatic rings. The van der Waals surface area contributed by atoms with E-state index in [-0.39, 0.29) is 5.82 Å². The first-order valence-electron chi connectivity index (χ1n) is 10.2. The Hall–Kier alpha value is -2.86. The molecule has 0 aliphatic heterocycles. The fraction of sp³-hybridized carbons (Fsp3) is 0.333. The Morgan fingerprint density at radius 2 is 1.87 bits per heavy atom. The fourth-order valence-electron chi connectivity index (χ4n) is 5.11. The molecule has 0 saturated heterocycles. The van der Waals surface area contributed by atoms with E-state index in [2.05, 4.69) is 10.1 Å². The molecule has 1 saturated carbocycles. The highest BCUT2D eigenvalue weighted by Crippen LogP contribution is 2.59. The molecular formula is C24H23F2N3O. The molecule has 3 atom stereocenters. The second-order valence-electron chi connectivity index (χ2n) is 8.52. The number of pyridine rings is 1. The number of hydrogen-bond acceptors (Lipinski definition) is 3. The van der Waals surface area contributed by atoms with Crippen LogP contribution in [-0.4, -0.2) is 25.5 Å². The summed E-state index contributed by atoms with van der Waals surface area (Å²) in [6, 6.07) is 9.52. The predicted molar refractivity (Wildman–Crippen MR) is 110 cm³/mol. The number of nitrogens with zero attached hydrogens (tertiary/aromatic N) is 3. The predicted octanol–water partition coefficient (Wildman–Crippen LogP) is 4.98. The summed E-state index contributed by atoms with van der Waals surface area (Å²) in [6.07, 6.45) is 7.89. The molecule has 30 heavy (non-hydrogen) atoms. The zero-order valence-corrected chi connectivity index (χ0v) is 16.7. The second kappa shape index (κ2) is 6.84. The quantitative estimate of drug-likeness (QED) is 0.666. The minimum Gasteiger partial charge on any atom is -0.385 e. The SMILES string of the molecule is C[C@]12Cc3cnn(-c4ccc(F)cc4)c3C=C1CCC[C@]2(F)C(O)c1ccncc1. The maximum Gasteiger partial charge on any atom is 0.150 e. The van der Waals surface area contributed by atoms with Crippen molar-refractivity contribution in [3.63, 3.8) is 0 Å². The molecule has 2 aliphatic carbocycles. The third-order valence-electron chi connectivity index (χ3n) is 6.88. The van der Waals surface area contributed by atoms with E-state index < -0.39 is 17.2 Å². The summed E-state index contributed by atoms with van der Waals surface area (Å²) in [7, 11) is 0. The van der Waals surface area contributed by atoms with Crippen LogP contribution in [0.5, 0.6) is 0 Å². The lowest BCUT2D eigenvalue weighted by Crippen LogP contribution is -2.53. The van der Waals surface area contributed by atoms with Crippen molar-refractivity contribution in [1.29, 1.82) is 0 Å². The van der Waals surface area contributed by atoms with Crippen molar-refractivity contribution in [2.24, 2.45) is 5.41 Å². The number of aromatic nitrogens is 3. The van der Waals surface area contributed by atoms with Gasteiger partial charge in [0.15, 0.2) is 0 Å². The third kappa shape index (κ3) is 2.74. The lowest BCUT2D eigenvalue weighted by atomic mass is 9.56. The smallest absolute Gasteiger partial charge is 0.150 e. The second-order valence-corrected chi connectivity index (χ2v) is 8.52. The molecule has 5 rings (SSSR count). The lowest BCUT2D eigenvalue weighted by Gasteiger charge is -2.52. The first kappa shape index (κ1) is 19.1. The number of allylic oxidation sites excluding steroid dienone is 1. The van der Waals surface area contributed by atoms with E-state index >= 15 is 4.39 Å². The van der Waals surface area contributed by atoms with Crippen LogP contribution in [0.1, 0.15) is 49.1 Å². The number of alkyl halides is 1. The fourth-order valence-corrected chi connectivity index (χ4v) is 5.11. The van der Waals surface area contributed by atoms with E-state index in [1.807, 2.05) is 13.0 Å². The van der Waals surface area contributed by atoms with Crippen LogP contribution < -0.4 is 0 Å². The topological polar surface area (TPSA) is 50.9 Å². The highest BCUT2D eigenvalue weighted by Gasteiger charge is 2.58. The first-order chi connectivity index (χ1) is 14.4. The zero-order valence-electron chi connectivity index (χ0n) is 16.7. The van der Waals surface area contributed by atoms with E-state index in [0.717, 1.165) is 28.9 Å². The Morgan fingerprint density at radius 3 is 2.60 bits per heavy atom. The lowest BCUT2D eigenvalue weighted by molar-refractivity contribution is -0.101. The molecule has 1 N–H and O–H groups in total. The number of fused-ring (bicyclic) bond motifs is 2. The summed E-state index contributed by atoms with van der Waals surface area (Å²) in [4.78, 5) is 3.98. The van der Waals surface area contributed by atoms with Crippen molar-refractivity contribution < 1.29 is 13.9 Å². The largest absolute Gasteiger partial charge is 0.385 e. The Balaban J connectivity index is 1.57. The number of halogens is 2. The van der Waals surface area contributed by atoms with Crippen LogP contribution in [0.3, 0.4) is 0 Å². The molecule has 0 amide bonds. The molecule has 154 valence electrons. The first-order valence-corrected chi connectivity index (χ1v) is 10.2. The molecule has 0 bridgehead atoms. The summed E-state index contributed by atoms with van der Waals surface area (Å²) >= 11 is 0. The van der Waals surface area contributed by atoms with Crippen molar-refractivity contribution in [2.45, 2.75) is 44.4 Å². The van der Waals surface area contributed by atoms with Crippen LogP contribution in [0.15, 0.2) is 60.6 Å². The van der Waals surface area contributed by atoms with Crippen molar-refractivity contribution in [3.05, 3.63) is 83.2 Å². The number of hydrogen-bond donors (Lipinski definition) is 1. The van der Waals surface area contributed by atoms with Crippen molar-refractivity contribution in [2.75, 3.05) is 0 Å².